The van der Waals surface area contributed by atoms with Gasteiger partial charge in [-0.3, -0.25) is 0 Å². The summed E-state index contributed by atoms with van der Waals surface area (Å²) in [6.45, 7) is 0. The fourth-order valence-corrected chi connectivity index (χ4v) is 0. The van der Waals surface area contributed by atoms with E-state index in [1.54, 1.807) is 0 Å². The van der Waals surface area contributed by atoms with Gasteiger partial charge in [-0.2, -0.15) is 0 Å². The molecule has 0 aromatic carbocycles. The molecule has 0 amide bonds. The molecule has 0 heterocycles. The summed E-state index contributed by atoms with van der Waals surface area (Å²) in [6, 6.07) is 0. The van der Waals surface area contributed by atoms with Crippen molar-refractivity contribution in [1.29, 1.82) is 0 Å². The summed E-state index contributed by atoms with van der Waals surface area (Å²) >= 11 is -2.18. The summed E-state index contributed by atoms with van der Waals surface area (Å²) in [5.74, 6) is 0. The van der Waals surface area contributed by atoms with Gasteiger partial charge in [0.2, 0.25) is 0 Å². The van der Waals surface area contributed by atoms with E-state index in [9.17, 15) is 0 Å². The monoisotopic (exact) mass is 338 g/mol. The van der Waals surface area contributed by atoms with Crippen molar-refractivity contribution in [2.75, 3.05) is 0 Å². The van der Waals surface area contributed by atoms with Crippen LogP contribution in [0.1, 0.15) is 0 Å². The van der Waals surface area contributed by atoms with E-state index in [1.807, 2.05) is 0 Å². The number of hydrogen-bond donors (Lipinski definition) is 0. The number of halogens is 3. The van der Waals surface area contributed by atoms with Crippen LogP contribution in [-0.4, -0.2) is 41.2 Å². The molecule has 0 N–H and O–H groups in total. The fourth-order valence-electron chi connectivity index (χ4n) is 0. The maximum Gasteiger partial charge on any atom is 0 e. The number of hydrogen-bond acceptors (Lipinski definition) is 0. The minimum Gasteiger partial charge on any atom is 0 e. The molecule has 5 heteroatoms. The Morgan fingerprint density at radius 2 is 1.00 bits per heavy atom. The Morgan fingerprint density at radius 1 is 1.00 bits per heavy atom. The summed E-state index contributed by atoms with van der Waals surface area (Å²) in [5, 5.41) is 0. The standard InChI is InChI=1S/Bi.3ClH.Mg/h;3*1H;/q+3;;;;/p-3. The molecule has 0 rings (SSSR count). The molecule has 0 fully saturated rings. The minimum atomic E-state index is -2.18. The molecule has 0 saturated carbocycles. The first kappa shape index (κ1) is 10.5. The normalized spacial score (nSPS) is 7.20. The zero-order valence-corrected chi connectivity index (χ0v) is 9.45. The van der Waals surface area contributed by atoms with Crippen molar-refractivity contribution in [3.63, 3.8) is 0 Å². The third-order valence-electron chi connectivity index (χ3n) is 0. The van der Waals surface area contributed by atoms with Gasteiger partial charge in [-0.05, 0) is 0 Å². The van der Waals surface area contributed by atoms with Crippen LogP contribution in [0.25, 0.3) is 0 Å². The van der Waals surface area contributed by atoms with Gasteiger partial charge in [-0.1, -0.05) is 0 Å². The molecule has 0 nitrogen and oxygen atoms in total. The van der Waals surface area contributed by atoms with Crippen LogP contribution in [0.3, 0.4) is 0 Å². The van der Waals surface area contributed by atoms with E-state index < -0.39 is 18.2 Å². The molecule has 0 aromatic rings. The van der Waals surface area contributed by atoms with Crippen LogP contribution in [-0.2, 0) is 0 Å². The van der Waals surface area contributed by atoms with E-state index >= 15 is 0 Å². The van der Waals surface area contributed by atoms with E-state index in [0.717, 1.165) is 0 Å². The Labute approximate surface area is 65.6 Å². The van der Waals surface area contributed by atoms with Gasteiger partial charge in [-0.15, -0.1) is 0 Å². The third kappa shape index (κ3) is 21.0. The Bertz CT molecular complexity index is 11.6. The fraction of sp³-hybridized carbons (Fsp3) is 0. The van der Waals surface area contributed by atoms with Crippen LogP contribution in [0.5, 0.6) is 0 Å². The molecule has 0 aliphatic carbocycles. The summed E-state index contributed by atoms with van der Waals surface area (Å²) < 4.78 is 0. The second kappa shape index (κ2) is 6.52. The van der Waals surface area contributed by atoms with E-state index in [2.05, 4.69) is 0 Å². The SMILES string of the molecule is [Cl][Bi]([Cl])[Cl].[Mg]. The smallest absolute Gasteiger partial charge is 0 e. The quantitative estimate of drug-likeness (QED) is 0.584. The predicted molar refractivity (Wildman–Crippen MR) is 29.1 cm³/mol. The van der Waals surface area contributed by atoms with Crippen molar-refractivity contribution >= 4 is 66.8 Å². The molecule has 2 radical (unpaired) electrons. The third-order valence-corrected chi connectivity index (χ3v) is 0. The Morgan fingerprint density at radius 3 is 1.00 bits per heavy atom. The topological polar surface area (TPSA) is 0 Å². The van der Waals surface area contributed by atoms with Crippen molar-refractivity contribution in [2.24, 2.45) is 0 Å². The largest absolute Gasteiger partial charge is 0 e. The Kier molecular flexibility index (Phi) is 13.7. The summed E-state index contributed by atoms with van der Waals surface area (Å²) in [7, 11) is 15.0. The molecule has 0 aromatic heterocycles. The average Bonchev–Trinajstić information content (AvgIpc) is 0.811. The van der Waals surface area contributed by atoms with Crippen LogP contribution in [0, 0.1) is 0 Å². The average molecular weight is 340 g/mol. The molecule has 5 heavy (non-hydrogen) atoms. The number of rotatable bonds is 0. The second-order valence-corrected chi connectivity index (χ2v) is 15.1. The summed E-state index contributed by atoms with van der Waals surface area (Å²) in [6.07, 6.45) is 0. The maximum absolute atomic E-state index is 5.01. The molecule has 0 unspecified atom stereocenters. The molecule has 0 saturated heterocycles. The summed E-state index contributed by atoms with van der Waals surface area (Å²) in [4.78, 5) is 0. The van der Waals surface area contributed by atoms with Gasteiger partial charge in [-0.25, -0.2) is 0 Å². The van der Waals surface area contributed by atoms with Gasteiger partial charge in [0.05, 0.1) is 0 Å². The molecule has 0 bridgehead atoms. The molecule has 0 atom stereocenters. The molecule has 28 valence electrons. The van der Waals surface area contributed by atoms with Crippen molar-refractivity contribution < 1.29 is 0 Å². The van der Waals surface area contributed by atoms with Crippen LogP contribution in [0.4, 0.5) is 0 Å². The van der Waals surface area contributed by atoms with Crippen molar-refractivity contribution in [3.8, 4) is 0 Å². The van der Waals surface area contributed by atoms with E-state index in [-0.39, 0.29) is 23.1 Å². The van der Waals surface area contributed by atoms with Crippen molar-refractivity contribution in [3.05, 3.63) is 0 Å². The molecule has 0 spiro atoms. The molecular formula is BiCl3Mg. The van der Waals surface area contributed by atoms with Gasteiger partial charge < -0.3 is 0 Å². The Balaban J connectivity index is 0. The van der Waals surface area contributed by atoms with Gasteiger partial charge >= 0.3 is 43.7 Å². The van der Waals surface area contributed by atoms with Gasteiger partial charge in [0.25, 0.3) is 0 Å². The van der Waals surface area contributed by atoms with E-state index in [1.165, 1.54) is 0 Å². The first-order valence-corrected chi connectivity index (χ1v) is 13.3. The van der Waals surface area contributed by atoms with Crippen LogP contribution < -0.4 is 0 Å². The molecular weight excluding hydrogens is 340 g/mol. The van der Waals surface area contributed by atoms with Gasteiger partial charge in [0.1, 0.15) is 0 Å². The van der Waals surface area contributed by atoms with Crippen LogP contribution >= 0.6 is 25.5 Å². The van der Waals surface area contributed by atoms with Crippen LogP contribution in [0.15, 0.2) is 0 Å². The zero-order chi connectivity index (χ0) is 3.58. The predicted octanol–water partition coefficient (Wildman–Crippen LogP) is 1.31. The molecule has 0 aliphatic rings. The minimum absolute atomic E-state index is 0. The first-order chi connectivity index (χ1) is 1.73. The summed E-state index contributed by atoms with van der Waals surface area (Å²) in [5.41, 5.74) is 0. The Hall–Kier alpha value is 2.52. The van der Waals surface area contributed by atoms with E-state index in [0.29, 0.717) is 0 Å². The van der Waals surface area contributed by atoms with Crippen molar-refractivity contribution in [1.82, 2.24) is 0 Å². The van der Waals surface area contributed by atoms with Gasteiger partial charge in [0, 0.05) is 23.1 Å². The second-order valence-electron chi connectivity index (χ2n) is 0.192. The van der Waals surface area contributed by atoms with Gasteiger partial charge in [0.15, 0.2) is 0 Å². The zero-order valence-electron chi connectivity index (χ0n) is 2.29. The first-order valence-electron chi connectivity index (χ1n) is 0.507. The maximum atomic E-state index is 5.01. The van der Waals surface area contributed by atoms with Crippen LogP contribution in [0.2, 0.25) is 0 Å². The van der Waals surface area contributed by atoms with E-state index in [4.69, 9.17) is 25.5 Å². The van der Waals surface area contributed by atoms with Crippen molar-refractivity contribution in [2.45, 2.75) is 0 Å². The molecule has 0 aliphatic heterocycles.